The molecule has 0 N–H and O–H groups in total. The second kappa shape index (κ2) is 4.50. The fourth-order valence-electron chi connectivity index (χ4n) is 1.35. The van der Waals surface area contributed by atoms with Crippen LogP contribution in [0.4, 0.5) is 0 Å². The summed E-state index contributed by atoms with van der Waals surface area (Å²) < 4.78 is 1.40. The van der Waals surface area contributed by atoms with Gasteiger partial charge in [-0.3, -0.25) is 9.36 Å². The number of halogens is 3. The van der Waals surface area contributed by atoms with Crippen LogP contribution in [0.15, 0.2) is 36.7 Å². The molecule has 0 fully saturated rings. The van der Waals surface area contributed by atoms with Crippen molar-refractivity contribution >= 4 is 40.7 Å². The van der Waals surface area contributed by atoms with Crippen LogP contribution < -0.4 is 0 Å². The third kappa shape index (κ3) is 2.09. The van der Waals surface area contributed by atoms with E-state index in [9.17, 15) is 4.79 Å². The lowest BCUT2D eigenvalue weighted by atomic mass is 10.2. The monoisotopic (exact) mass is 273 g/mol. The Morgan fingerprint density at radius 1 is 1.00 bits per heavy atom. The van der Waals surface area contributed by atoms with Gasteiger partial charge in [0, 0.05) is 17.4 Å². The summed E-state index contributed by atoms with van der Waals surface area (Å²) in [6.07, 6.45) is 3.26. The molecule has 0 saturated heterocycles. The third-order valence-corrected chi connectivity index (χ3v) is 2.87. The highest BCUT2D eigenvalue weighted by atomic mass is 35.5. The van der Waals surface area contributed by atoms with Crippen LogP contribution in [0.25, 0.3) is 0 Å². The van der Waals surface area contributed by atoms with Gasteiger partial charge in [0.15, 0.2) is 0 Å². The van der Waals surface area contributed by atoms with Gasteiger partial charge in [-0.1, -0.05) is 34.8 Å². The summed E-state index contributed by atoms with van der Waals surface area (Å²) >= 11 is 17.7. The number of carbonyl (C=O) groups excluding carboxylic acids is 1. The maximum absolute atomic E-state index is 12.0. The molecule has 1 aromatic carbocycles. The second-order valence-corrected chi connectivity index (χ2v) is 4.39. The molecule has 16 heavy (non-hydrogen) atoms. The van der Waals surface area contributed by atoms with Crippen molar-refractivity contribution in [1.82, 2.24) is 4.57 Å². The number of aromatic nitrogens is 1. The van der Waals surface area contributed by atoms with Gasteiger partial charge in [0.1, 0.15) is 0 Å². The molecule has 0 aliphatic carbocycles. The van der Waals surface area contributed by atoms with Crippen LogP contribution in [-0.4, -0.2) is 10.5 Å². The first-order valence-electron chi connectivity index (χ1n) is 4.42. The number of carbonyl (C=O) groups is 1. The van der Waals surface area contributed by atoms with Crippen LogP contribution in [0.5, 0.6) is 0 Å². The van der Waals surface area contributed by atoms with Crippen molar-refractivity contribution in [1.29, 1.82) is 0 Å². The Balaban J connectivity index is 2.53. The topological polar surface area (TPSA) is 22.0 Å². The molecule has 2 rings (SSSR count). The highest BCUT2D eigenvalue weighted by molar-refractivity contribution is 6.42. The van der Waals surface area contributed by atoms with Gasteiger partial charge in [-0.25, -0.2) is 0 Å². The maximum atomic E-state index is 12.0. The van der Waals surface area contributed by atoms with Crippen LogP contribution in [-0.2, 0) is 0 Å². The van der Waals surface area contributed by atoms with Crippen LogP contribution in [0, 0.1) is 0 Å². The van der Waals surface area contributed by atoms with Gasteiger partial charge in [0.2, 0.25) is 0 Å². The van der Waals surface area contributed by atoms with E-state index in [0.717, 1.165) is 0 Å². The third-order valence-electron chi connectivity index (χ3n) is 2.06. The van der Waals surface area contributed by atoms with E-state index in [-0.39, 0.29) is 21.5 Å². The molecule has 82 valence electrons. The zero-order chi connectivity index (χ0) is 11.7. The number of nitrogens with zero attached hydrogens (tertiary/aromatic N) is 1. The smallest absolute Gasteiger partial charge is 0.264 e. The molecule has 0 aliphatic heterocycles. The standard InChI is InChI=1S/C11H6Cl3NO/c12-7-5-8(13)10(9(14)6-7)11(16)15-3-1-2-4-15/h1-6H. The summed E-state index contributed by atoms with van der Waals surface area (Å²) in [4.78, 5) is 12.0. The Labute approximate surface area is 107 Å². The van der Waals surface area contributed by atoms with Crippen molar-refractivity contribution in [2.45, 2.75) is 0 Å². The Hall–Kier alpha value is -0.960. The van der Waals surface area contributed by atoms with E-state index < -0.39 is 0 Å². The summed E-state index contributed by atoms with van der Waals surface area (Å²) in [5, 5.41) is 0.895. The molecule has 0 unspecified atom stereocenters. The summed E-state index contributed by atoms with van der Waals surface area (Å²) in [6.45, 7) is 0. The van der Waals surface area contributed by atoms with Crippen molar-refractivity contribution in [2.24, 2.45) is 0 Å². The Kier molecular flexibility index (Phi) is 3.24. The Morgan fingerprint density at radius 2 is 1.50 bits per heavy atom. The Bertz CT molecular complexity index is 511. The molecule has 0 atom stereocenters. The van der Waals surface area contributed by atoms with Crippen molar-refractivity contribution < 1.29 is 4.79 Å². The van der Waals surface area contributed by atoms with E-state index >= 15 is 0 Å². The van der Waals surface area contributed by atoms with Crippen LogP contribution in [0.1, 0.15) is 10.4 Å². The average Bonchev–Trinajstić information content (AvgIpc) is 2.67. The lowest BCUT2D eigenvalue weighted by Gasteiger charge is -2.07. The summed E-state index contributed by atoms with van der Waals surface area (Å²) in [5.41, 5.74) is 0.254. The molecule has 0 radical (unpaired) electrons. The minimum Gasteiger partial charge on any atom is -0.291 e. The van der Waals surface area contributed by atoms with Crippen LogP contribution in [0.2, 0.25) is 15.1 Å². The molecule has 0 bridgehead atoms. The molecule has 0 amide bonds. The van der Waals surface area contributed by atoms with Gasteiger partial charge in [0.05, 0.1) is 15.6 Å². The minimum atomic E-state index is -0.281. The zero-order valence-electron chi connectivity index (χ0n) is 7.95. The summed E-state index contributed by atoms with van der Waals surface area (Å²) in [5.74, 6) is -0.281. The first-order valence-corrected chi connectivity index (χ1v) is 5.55. The van der Waals surface area contributed by atoms with Gasteiger partial charge in [-0.15, -0.1) is 0 Å². The normalized spacial score (nSPS) is 10.4. The van der Waals surface area contributed by atoms with Crippen LogP contribution in [0.3, 0.4) is 0 Å². The van der Waals surface area contributed by atoms with Gasteiger partial charge >= 0.3 is 0 Å². The number of hydrogen-bond donors (Lipinski definition) is 0. The molecule has 5 heteroatoms. The largest absolute Gasteiger partial charge is 0.291 e. The molecular formula is C11H6Cl3NO. The first kappa shape index (κ1) is 11.5. The summed E-state index contributed by atoms with van der Waals surface area (Å²) in [7, 11) is 0. The van der Waals surface area contributed by atoms with E-state index in [1.807, 2.05) is 0 Å². The van der Waals surface area contributed by atoms with E-state index in [4.69, 9.17) is 34.8 Å². The second-order valence-electron chi connectivity index (χ2n) is 3.14. The van der Waals surface area contributed by atoms with E-state index in [1.54, 1.807) is 24.5 Å². The fraction of sp³-hybridized carbons (Fsp3) is 0. The van der Waals surface area contributed by atoms with Gasteiger partial charge in [0.25, 0.3) is 5.91 Å². The molecule has 2 aromatic rings. The van der Waals surface area contributed by atoms with Crippen LogP contribution >= 0.6 is 34.8 Å². The first-order chi connectivity index (χ1) is 7.59. The predicted octanol–water partition coefficient (Wildman–Crippen LogP) is 4.14. The van der Waals surface area contributed by atoms with E-state index in [0.29, 0.717) is 5.02 Å². The molecule has 2 nitrogen and oxygen atoms in total. The van der Waals surface area contributed by atoms with E-state index in [1.165, 1.54) is 16.7 Å². The van der Waals surface area contributed by atoms with Crippen molar-refractivity contribution in [3.63, 3.8) is 0 Å². The molecule has 0 aliphatic rings. The van der Waals surface area contributed by atoms with Crippen molar-refractivity contribution in [2.75, 3.05) is 0 Å². The molecular weight excluding hydrogens is 268 g/mol. The molecule has 1 aromatic heterocycles. The van der Waals surface area contributed by atoms with Crippen molar-refractivity contribution in [3.05, 3.63) is 57.3 Å². The van der Waals surface area contributed by atoms with Crippen molar-refractivity contribution in [3.8, 4) is 0 Å². The molecule has 0 spiro atoms. The zero-order valence-corrected chi connectivity index (χ0v) is 10.2. The molecule has 0 saturated carbocycles. The lowest BCUT2D eigenvalue weighted by molar-refractivity contribution is 0.0960. The lowest BCUT2D eigenvalue weighted by Crippen LogP contribution is -2.10. The summed E-state index contributed by atoms with van der Waals surface area (Å²) in [6, 6.07) is 6.47. The number of benzene rings is 1. The minimum absolute atomic E-state index is 0.246. The molecule has 1 heterocycles. The van der Waals surface area contributed by atoms with Gasteiger partial charge < -0.3 is 0 Å². The fourth-order valence-corrected chi connectivity index (χ4v) is 2.32. The quantitative estimate of drug-likeness (QED) is 0.766. The SMILES string of the molecule is O=C(c1c(Cl)cc(Cl)cc1Cl)n1cccc1. The number of hydrogen-bond acceptors (Lipinski definition) is 1. The highest BCUT2D eigenvalue weighted by Gasteiger charge is 2.16. The maximum Gasteiger partial charge on any atom is 0.264 e. The van der Waals surface area contributed by atoms with Gasteiger partial charge in [-0.2, -0.15) is 0 Å². The van der Waals surface area contributed by atoms with Gasteiger partial charge in [-0.05, 0) is 24.3 Å². The van der Waals surface area contributed by atoms with E-state index in [2.05, 4.69) is 0 Å². The highest BCUT2D eigenvalue weighted by Crippen LogP contribution is 2.29. The Morgan fingerprint density at radius 3 is 2.00 bits per heavy atom. The number of rotatable bonds is 1. The predicted molar refractivity (Wildman–Crippen MR) is 65.6 cm³/mol. The average molecular weight is 275 g/mol.